The van der Waals surface area contributed by atoms with E-state index in [0.717, 1.165) is 12.8 Å². The van der Waals surface area contributed by atoms with E-state index < -0.39 is 0 Å². The van der Waals surface area contributed by atoms with E-state index in [1.54, 1.807) is 0 Å². The van der Waals surface area contributed by atoms with Crippen LogP contribution >= 0.6 is 0 Å². The van der Waals surface area contributed by atoms with Crippen LogP contribution in [-0.2, 0) is 9.59 Å². The van der Waals surface area contributed by atoms with Crippen molar-refractivity contribution in [2.45, 2.75) is 38.6 Å². The molecule has 0 bridgehead atoms. The van der Waals surface area contributed by atoms with Crippen LogP contribution in [0.2, 0.25) is 0 Å². The molecule has 2 rings (SSSR count). The molecular formula is C11H18N2O2. The quantitative estimate of drug-likeness (QED) is 0.690. The van der Waals surface area contributed by atoms with Crippen molar-refractivity contribution in [2.75, 3.05) is 6.54 Å². The van der Waals surface area contributed by atoms with E-state index in [2.05, 4.69) is 0 Å². The normalized spacial score (nSPS) is 25.9. The topological polar surface area (TPSA) is 63.4 Å². The minimum absolute atomic E-state index is 0.00805. The number of imide groups is 1. The molecule has 0 aromatic carbocycles. The van der Waals surface area contributed by atoms with E-state index in [1.807, 2.05) is 6.92 Å². The summed E-state index contributed by atoms with van der Waals surface area (Å²) in [5.74, 6) is 0.632. The highest BCUT2D eigenvalue weighted by Gasteiger charge is 2.35. The van der Waals surface area contributed by atoms with Gasteiger partial charge in [-0.2, -0.15) is 0 Å². The first-order chi connectivity index (χ1) is 7.08. The maximum Gasteiger partial charge on any atom is 0.229 e. The highest BCUT2D eigenvalue weighted by Crippen LogP contribution is 2.32. The highest BCUT2D eigenvalue weighted by atomic mass is 16.2. The molecule has 1 unspecified atom stereocenters. The summed E-state index contributed by atoms with van der Waals surface area (Å²) in [7, 11) is 0. The van der Waals surface area contributed by atoms with Crippen molar-refractivity contribution in [3.63, 3.8) is 0 Å². The molecule has 15 heavy (non-hydrogen) atoms. The fraction of sp³-hybridized carbons (Fsp3) is 0.818. The summed E-state index contributed by atoms with van der Waals surface area (Å²) < 4.78 is 0. The van der Waals surface area contributed by atoms with Crippen molar-refractivity contribution < 1.29 is 9.59 Å². The van der Waals surface area contributed by atoms with Crippen molar-refractivity contribution in [1.82, 2.24) is 4.90 Å². The number of nitrogens with two attached hydrogens (primary N) is 1. The van der Waals surface area contributed by atoms with Crippen LogP contribution in [-0.4, -0.2) is 29.3 Å². The van der Waals surface area contributed by atoms with Crippen LogP contribution in [0.1, 0.15) is 32.6 Å². The molecule has 4 heteroatoms. The van der Waals surface area contributed by atoms with Crippen LogP contribution in [0.15, 0.2) is 0 Å². The average molecular weight is 210 g/mol. The van der Waals surface area contributed by atoms with Gasteiger partial charge < -0.3 is 5.73 Å². The van der Waals surface area contributed by atoms with Crippen molar-refractivity contribution in [3.05, 3.63) is 0 Å². The minimum atomic E-state index is -0.0464. The van der Waals surface area contributed by atoms with Gasteiger partial charge in [0.1, 0.15) is 0 Å². The molecule has 0 aromatic heterocycles. The summed E-state index contributed by atoms with van der Waals surface area (Å²) in [5, 5.41) is 0. The lowest BCUT2D eigenvalue weighted by molar-refractivity contribution is -0.150. The molecule has 1 aliphatic carbocycles. The molecule has 0 radical (unpaired) electrons. The summed E-state index contributed by atoms with van der Waals surface area (Å²) in [4.78, 5) is 24.7. The van der Waals surface area contributed by atoms with Crippen molar-refractivity contribution in [1.29, 1.82) is 0 Å². The Balaban J connectivity index is 1.94. The molecule has 0 spiro atoms. The number of carbonyl (C=O) groups is 2. The third kappa shape index (κ3) is 2.37. The second kappa shape index (κ2) is 3.93. The van der Waals surface area contributed by atoms with Crippen LogP contribution < -0.4 is 5.73 Å². The van der Waals surface area contributed by atoms with Crippen LogP contribution in [0.3, 0.4) is 0 Å². The lowest BCUT2D eigenvalue weighted by Gasteiger charge is -2.30. The molecular weight excluding hydrogens is 192 g/mol. The van der Waals surface area contributed by atoms with Crippen molar-refractivity contribution in [2.24, 2.45) is 17.6 Å². The van der Waals surface area contributed by atoms with E-state index in [1.165, 1.54) is 4.90 Å². The summed E-state index contributed by atoms with van der Waals surface area (Å²) >= 11 is 0. The number of hydrogen-bond acceptors (Lipinski definition) is 3. The summed E-state index contributed by atoms with van der Waals surface area (Å²) in [6.45, 7) is 2.36. The zero-order valence-corrected chi connectivity index (χ0v) is 9.11. The molecule has 2 N–H and O–H groups in total. The van der Waals surface area contributed by atoms with Gasteiger partial charge in [-0.3, -0.25) is 14.5 Å². The Morgan fingerprint density at radius 3 is 2.33 bits per heavy atom. The van der Waals surface area contributed by atoms with E-state index in [9.17, 15) is 9.59 Å². The van der Waals surface area contributed by atoms with Crippen LogP contribution in [0, 0.1) is 11.8 Å². The molecule has 1 saturated carbocycles. The maximum atomic E-state index is 11.6. The zero-order valence-electron chi connectivity index (χ0n) is 9.11. The first-order valence-electron chi connectivity index (χ1n) is 5.66. The van der Waals surface area contributed by atoms with Gasteiger partial charge in [-0.1, -0.05) is 6.92 Å². The van der Waals surface area contributed by atoms with Gasteiger partial charge in [-0.25, -0.2) is 0 Å². The van der Waals surface area contributed by atoms with E-state index in [0.29, 0.717) is 25.3 Å². The first-order valence-corrected chi connectivity index (χ1v) is 5.66. The Morgan fingerprint density at radius 2 is 1.87 bits per heavy atom. The van der Waals surface area contributed by atoms with Gasteiger partial charge in [0, 0.05) is 25.4 Å². The third-order valence-electron chi connectivity index (χ3n) is 3.27. The Morgan fingerprint density at radius 1 is 1.33 bits per heavy atom. The SMILES string of the molecule is CC1CC(=O)N(CC(N)C2CC2)C(=O)C1. The van der Waals surface area contributed by atoms with Crippen molar-refractivity contribution in [3.8, 4) is 0 Å². The monoisotopic (exact) mass is 210 g/mol. The Hall–Kier alpha value is -0.900. The van der Waals surface area contributed by atoms with E-state index >= 15 is 0 Å². The van der Waals surface area contributed by atoms with Gasteiger partial charge in [-0.15, -0.1) is 0 Å². The number of amides is 2. The maximum absolute atomic E-state index is 11.6. The third-order valence-corrected chi connectivity index (χ3v) is 3.27. The number of hydrogen-bond donors (Lipinski definition) is 1. The number of rotatable bonds is 3. The molecule has 1 atom stereocenters. The predicted octanol–water partition coefficient (Wildman–Crippen LogP) is 0.509. The zero-order chi connectivity index (χ0) is 11.0. The lowest BCUT2D eigenvalue weighted by Crippen LogP contribution is -2.48. The van der Waals surface area contributed by atoms with Crippen LogP contribution in [0.25, 0.3) is 0 Å². The van der Waals surface area contributed by atoms with E-state index in [-0.39, 0.29) is 23.8 Å². The van der Waals surface area contributed by atoms with E-state index in [4.69, 9.17) is 5.73 Å². The number of carbonyl (C=O) groups excluding carboxylic acids is 2. The minimum Gasteiger partial charge on any atom is -0.326 e. The molecule has 2 fully saturated rings. The molecule has 1 saturated heterocycles. The summed E-state index contributed by atoms with van der Waals surface area (Å²) in [5.41, 5.74) is 5.92. The number of likely N-dealkylation sites (tertiary alicyclic amines) is 1. The fourth-order valence-corrected chi connectivity index (χ4v) is 2.12. The molecule has 84 valence electrons. The van der Waals surface area contributed by atoms with Gasteiger partial charge in [0.05, 0.1) is 0 Å². The molecule has 2 amide bonds. The van der Waals surface area contributed by atoms with Gasteiger partial charge in [0.25, 0.3) is 0 Å². The molecule has 0 aromatic rings. The second-order valence-corrected chi connectivity index (χ2v) is 4.91. The average Bonchev–Trinajstić information content (AvgIpc) is 2.93. The fourth-order valence-electron chi connectivity index (χ4n) is 2.12. The number of piperidine rings is 1. The first kappa shape index (κ1) is 10.6. The lowest BCUT2D eigenvalue weighted by atomic mass is 9.97. The van der Waals surface area contributed by atoms with Gasteiger partial charge >= 0.3 is 0 Å². The smallest absolute Gasteiger partial charge is 0.229 e. The van der Waals surface area contributed by atoms with Gasteiger partial charge in [0.15, 0.2) is 0 Å². The molecule has 1 aliphatic heterocycles. The highest BCUT2D eigenvalue weighted by molar-refractivity contribution is 5.97. The largest absolute Gasteiger partial charge is 0.326 e. The Bertz CT molecular complexity index is 268. The molecule has 1 heterocycles. The van der Waals surface area contributed by atoms with Crippen LogP contribution in [0.4, 0.5) is 0 Å². The van der Waals surface area contributed by atoms with Crippen molar-refractivity contribution >= 4 is 11.8 Å². The Labute approximate surface area is 89.8 Å². The summed E-state index contributed by atoms with van der Waals surface area (Å²) in [6, 6.07) is -0.00805. The Kier molecular flexibility index (Phi) is 2.78. The van der Waals surface area contributed by atoms with Gasteiger partial charge in [0.2, 0.25) is 11.8 Å². The van der Waals surface area contributed by atoms with Crippen LogP contribution in [0.5, 0.6) is 0 Å². The molecule has 4 nitrogen and oxygen atoms in total. The van der Waals surface area contributed by atoms with Gasteiger partial charge in [-0.05, 0) is 24.7 Å². The standard InChI is InChI=1S/C11H18N2O2/c1-7-4-10(14)13(11(15)5-7)6-9(12)8-2-3-8/h7-9H,2-6,12H2,1H3. The number of nitrogens with zero attached hydrogens (tertiary/aromatic N) is 1. The molecule has 2 aliphatic rings. The predicted molar refractivity (Wildman–Crippen MR) is 55.8 cm³/mol. The summed E-state index contributed by atoms with van der Waals surface area (Å²) in [6.07, 6.45) is 3.27. The second-order valence-electron chi connectivity index (χ2n) is 4.91.